The smallest absolute Gasteiger partial charge is 0.323 e. The molecule has 0 fully saturated rings. The van der Waals surface area contributed by atoms with E-state index in [-0.39, 0.29) is 17.7 Å². The molecular weight excluding hydrogens is 582 g/mol. The van der Waals surface area contributed by atoms with Crippen molar-refractivity contribution in [2.45, 2.75) is 20.8 Å². The van der Waals surface area contributed by atoms with Crippen LogP contribution in [-0.2, 0) is 4.79 Å². The summed E-state index contributed by atoms with van der Waals surface area (Å²) >= 11 is 0. The van der Waals surface area contributed by atoms with Crippen LogP contribution in [0.5, 0.6) is 0 Å². The Kier molecular flexibility index (Phi) is 9.34. The van der Waals surface area contributed by atoms with Gasteiger partial charge in [-0.2, -0.15) is 0 Å². The number of anilines is 4. The van der Waals surface area contributed by atoms with E-state index in [1.54, 1.807) is 60.7 Å². The first kappa shape index (κ1) is 31.7. The first-order valence-corrected chi connectivity index (χ1v) is 14.8. The number of hydrogen-bond donors (Lipinski definition) is 6. The van der Waals surface area contributed by atoms with Crippen LogP contribution >= 0.6 is 0 Å². The third-order valence-corrected chi connectivity index (χ3v) is 7.68. The quantitative estimate of drug-likeness (QED) is 0.135. The molecule has 0 atom stereocenters. The van der Waals surface area contributed by atoms with Crippen LogP contribution in [0.25, 0.3) is 11.6 Å². The molecule has 0 unspecified atom stereocenters. The minimum atomic E-state index is -0.483. The Morgan fingerprint density at radius 2 is 1.57 bits per heavy atom. The maximum Gasteiger partial charge on any atom is 0.323 e. The zero-order valence-electron chi connectivity index (χ0n) is 26.4. The Morgan fingerprint density at radius 1 is 0.848 bits per heavy atom. The average Bonchev–Trinajstić information content (AvgIpc) is 3.47. The van der Waals surface area contributed by atoms with E-state index in [4.69, 9.17) is 0 Å². The molecule has 11 heteroatoms. The number of nitrogens with one attached hydrogen (secondary N) is 6. The number of fused-ring (bicyclic) bond motifs is 1. The number of urea groups is 1. The number of carbonyl (C=O) groups excluding carboxylic acids is 4. The number of hydrogen-bond acceptors (Lipinski definition) is 5. The molecule has 5 amide bonds. The number of benzene rings is 3. The molecule has 2 heterocycles. The third kappa shape index (κ3) is 7.16. The predicted octanol–water partition coefficient (Wildman–Crippen LogP) is 5.62. The van der Waals surface area contributed by atoms with Gasteiger partial charge in [-0.1, -0.05) is 30.3 Å². The lowest BCUT2D eigenvalue weighted by molar-refractivity contribution is -0.110. The number of aromatic amines is 1. The van der Waals surface area contributed by atoms with E-state index in [9.17, 15) is 19.2 Å². The van der Waals surface area contributed by atoms with Crippen LogP contribution in [0, 0.1) is 20.8 Å². The number of aromatic nitrogens is 1. The zero-order chi connectivity index (χ0) is 33.0. The van der Waals surface area contributed by atoms with E-state index in [0.29, 0.717) is 57.3 Å². The Morgan fingerprint density at radius 3 is 2.30 bits per heavy atom. The van der Waals surface area contributed by atoms with Crippen molar-refractivity contribution in [1.29, 1.82) is 0 Å². The fourth-order valence-corrected chi connectivity index (χ4v) is 5.21. The van der Waals surface area contributed by atoms with Crippen molar-refractivity contribution in [2.24, 2.45) is 0 Å². The number of H-pyrrole nitrogens is 1. The monoisotopic (exact) mass is 619 g/mol. The molecule has 0 saturated heterocycles. The van der Waals surface area contributed by atoms with Gasteiger partial charge in [0.05, 0.1) is 16.8 Å². The van der Waals surface area contributed by atoms with Gasteiger partial charge in [-0.3, -0.25) is 14.4 Å². The van der Waals surface area contributed by atoms with Crippen LogP contribution < -0.4 is 26.6 Å². The van der Waals surface area contributed by atoms with Crippen LogP contribution in [0.1, 0.15) is 48.8 Å². The standard InChI is InChI=1S/C35H37N7O4/c1-20-11-12-24(38-32(43)23-9-7-6-8-10-23)17-28(20)41-35(46)39-25-13-14-26-27(33(44)40-30(26)18-25)19-29-21(2)31(22(3)37-29)34(45)36-15-16-42(4)5/h6-14,17-19,37H,15-16H2,1-5H3,(H,36,45)(H,38,43)(H,40,44)(H2,39,41,46)/b27-19-. The molecule has 5 rings (SSSR count). The van der Waals surface area contributed by atoms with Gasteiger partial charge in [-0.25, -0.2) is 4.79 Å². The summed E-state index contributed by atoms with van der Waals surface area (Å²) in [5.74, 6) is -0.705. The Bertz CT molecular complexity index is 1860. The van der Waals surface area contributed by atoms with E-state index >= 15 is 0 Å². The van der Waals surface area contributed by atoms with Gasteiger partial charge in [0.15, 0.2) is 0 Å². The highest BCUT2D eigenvalue weighted by Crippen LogP contribution is 2.36. The van der Waals surface area contributed by atoms with Crippen molar-refractivity contribution < 1.29 is 19.2 Å². The van der Waals surface area contributed by atoms with Gasteiger partial charge >= 0.3 is 6.03 Å². The molecule has 11 nitrogen and oxygen atoms in total. The van der Waals surface area contributed by atoms with Gasteiger partial charge in [0.1, 0.15) is 0 Å². The molecule has 1 aliphatic rings. The van der Waals surface area contributed by atoms with E-state index in [1.807, 2.05) is 51.9 Å². The lowest BCUT2D eigenvalue weighted by Gasteiger charge is -2.13. The molecule has 0 bridgehead atoms. The molecule has 236 valence electrons. The van der Waals surface area contributed by atoms with Crippen LogP contribution in [0.15, 0.2) is 66.7 Å². The summed E-state index contributed by atoms with van der Waals surface area (Å²) in [6.07, 6.45) is 1.74. The second-order valence-electron chi connectivity index (χ2n) is 11.4. The first-order valence-electron chi connectivity index (χ1n) is 14.8. The van der Waals surface area contributed by atoms with Gasteiger partial charge < -0.3 is 36.5 Å². The highest BCUT2D eigenvalue weighted by Gasteiger charge is 2.26. The lowest BCUT2D eigenvalue weighted by atomic mass is 10.0. The van der Waals surface area contributed by atoms with Crippen molar-refractivity contribution in [3.8, 4) is 0 Å². The molecule has 0 aliphatic carbocycles. The van der Waals surface area contributed by atoms with E-state index in [2.05, 4.69) is 31.6 Å². The Hall–Kier alpha value is -5.68. The molecule has 0 saturated carbocycles. The molecule has 0 radical (unpaired) electrons. The molecule has 0 spiro atoms. The number of amides is 5. The minimum absolute atomic E-state index is 0.165. The number of nitrogens with zero attached hydrogens (tertiary/aromatic N) is 1. The summed E-state index contributed by atoms with van der Waals surface area (Å²) < 4.78 is 0. The van der Waals surface area contributed by atoms with Crippen LogP contribution in [0.2, 0.25) is 0 Å². The molecule has 6 N–H and O–H groups in total. The van der Waals surface area contributed by atoms with Crippen molar-refractivity contribution >= 4 is 58.2 Å². The summed E-state index contributed by atoms with van der Waals surface area (Å²) in [6, 6.07) is 18.8. The topological polar surface area (TPSA) is 147 Å². The fraction of sp³-hybridized carbons (Fsp3) is 0.200. The normalized spacial score (nSPS) is 12.9. The van der Waals surface area contributed by atoms with Crippen LogP contribution in [-0.4, -0.2) is 60.8 Å². The number of rotatable bonds is 9. The Balaban J connectivity index is 1.27. The van der Waals surface area contributed by atoms with Crippen LogP contribution in [0.4, 0.5) is 27.5 Å². The van der Waals surface area contributed by atoms with Crippen molar-refractivity contribution in [3.63, 3.8) is 0 Å². The van der Waals surface area contributed by atoms with E-state index in [1.165, 1.54) is 0 Å². The largest absolute Gasteiger partial charge is 0.358 e. The minimum Gasteiger partial charge on any atom is -0.358 e. The molecule has 1 aromatic heterocycles. The van der Waals surface area contributed by atoms with Gasteiger partial charge in [0.25, 0.3) is 17.7 Å². The highest BCUT2D eigenvalue weighted by atomic mass is 16.2. The molecular formula is C35H37N7O4. The predicted molar refractivity (Wildman–Crippen MR) is 182 cm³/mol. The highest BCUT2D eigenvalue weighted by molar-refractivity contribution is 6.35. The molecule has 3 aromatic carbocycles. The fourth-order valence-electron chi connectivity index (χ4n) is 5.21. The van der Waals surface area contributed by atoms with Gasteiger partial charge in [-0.15, -0.1) is 0 Å². The number of aryl methyl sites for hydroxylation is 2. The van der Waals surface area contributed by atoms with Gasteiger partial charge in [0, 0.05) is 52.7 Å². The Labute approximate surface area is 267 Å². The third-order valence-electron chi connectivity index (χ3n) is 7.68. The maximum atomic E-state index is 13.0. The van der Waals surface area contributed by atoms with Gasteiger partial charge in [-0.05, 0) is 88.5 Å². The van der Waals surface area contributed by atoms with E-state index < -0.39 is 6.03 Å². The molecule has 4 aromatic rings. The zero-order valence-corrected chi connectivity index (χ0v) is 26.4. The molecule has 1 aliphatic heterocycles. The summed E-state index contributed by atoms with van der Waals surface area (Å²) in [7, 11) is 3.89. The van der Waals surface area contributed by atoms with Crippen molar-refractivity contribution in [3.05, 3.63) is 106 Å². The second kappa shape index (κ2) is 13.5. The SMILES string of the molecule is Cc1ccc(NC(=O)c2ccccc2)cc1NC(=O)Nc1ccc2c(c1)NC(=O)/C2=C\c1[nH]c(C)c(C(=O)NCCN(C)C)c1C. The maximum absolute atomic E-state index is 13.0. The van der Waals surface area contributed by atoms with E-state index in [0.717, 1.165) is 23.4 Å². The summed E-state index contributed by atoms with van der Waals surface area (Å²) in [5.41, 5.74) is 7.28. The summed E-state index contributed by atoms with van der Waals surface area (Å²) in [5, 5.41) is 14.3. The van der Waals surface area contributed by atoms with Crippen LogP contribution in [0.3, 0.4) is 0 Å². The first-order chi connectivity index (χ1) is 22.0. The van der Waals surface area contributed by atoms with Crippen molar-refractivity contribution in [1.82, 2.24) is 15.2 Å². The lowest BCUT2D eigenvalue weighted by Crippen LogP contribution is -2.31. The second-order valence-corrected chi connectivity index (χ2v) is 11.4. The average molecular weight is 620 g/mol. The number of carbonyl (C=O) groups is 4. The summed E-state index contributed by atoms with van der Waals surface area (Å²) in [6.45, 7) is 6.79. The summed E-state index contributed by atoms with van der Waals surface area (Å²) in [4.78, 5) is 56.6. The van der Waals surface area contributed by atoms with Crippen molar-refractivity contribution in [2.75, 3.05) is 48.5 Å². The number of likely N-dealkylation sites (N-methyl/N-ethyl adjacent to an activating group) is 1. The molecule has 46 heavy (non-hydrogen) atoms. The van der Waals surface area contributed by atoms with Gasteiger partial charge in [0.2, 0.25) is 0 Å².